The number of nitrogens with zero attached hydrogens (tertiary/aromatic N) is 2. The van der Waals surface area contributed by atoms with Gasteiger partial charge < -0.3 is 10.3 Å². The Bertz CT molecular complexity index is 741. The topological polar surface area (TPSA) is 43.8 Å². The zero-order valence-electron chi connectivity index (χ0n) is 11.2. The summed E-state index contributed by atoms with van der Waals surface area (Å²) in [5, 5.41) is 0. The van der Waals surface area contributed by atoms with Crippen LogP contribution in [0.25, 0.3) is 11.0 Å². The molecule has 1 heterocycles. The molecule has 0 atom stereocenters. The van der Waals surface area contributed by atoms with Crippen molar-refractivity contribution in [2.45, 2.75) is 20.4 Å². The second kappa shape index (κ2) is 4.43. The summed E-state index contributed by atoms with van der Waals surface area (Å²) in [6, 6.07) is 14.7. The first-order valence-corrected chi connectivity index (χ1v) is 6.41. The van der Waals surface area contributed by atoms with Crippen LogP contribution in [0.3, 0.4) is 0 Å². The Morgan fingerprint density at radius 2 is 1.84 bits per heavy atom. The highest BCUT2D eigenvalue weighted by molar-refractivity contribution is 5.79. The van der Waals surface area contributed by atoms with Crippen LogP contribution in [0.4, 0.5) is 5.95 Å². The van der Waals surface area contributed by atoms with E-state index in [0.717, 1.165) is 17.6 Å². The summed E-state index contributed by atoms with van der Waals surface area (Å²) >= 11 is 0. The first kappa shape index (κ1) is 11.8. The number of hydrogen-bond acceptors (Lipinski definition) is 2. The molecule has 0 aliphatic heterocycles. The summed E-state index contributed by atoms with van der Waals surface area (Å²) in [6.45, 7) is 4.94. The van der Waals surface area contributed by atoms with E-state index in [1.165, 1.54) is 16.7 Å². The Morgan fingerprint density at radius 3 is 2.63 bits per heavy atom. The number of imidazole rings is 1. The third-order valence-corrected chi connectivity index (χ3v) is 3.36. The summed E-state index contributed by atoms with van der Waals surface area (Å²) in [4.78, 5) is 4.41. The van der Waals surface area contributed by atoms with Crippen molar-refractivity contribution < 1.29 is 0 Å². The van der Waals surface area contributed by atoms with E-state index in [1.807, 2.05) is 6.07 Å². The highest BCUT2D eigenvalue weighted by Gasteiger charge is 2.08. The van der Waals surface area contributed by atoms with E-state index in [-0.39, 0.29) is 0 Å². The number of benzene rings is 2. The van der Waals surface area contributed by atoms with Crippen molar-refractivity contribution in [3.63, 3.8) is 0 Å². The number of nitrogen functional groups attached to an aromatic ring is 1. The maximum atomic E-state index is 6.04. The summed E-state index contributed by atoms with van der Waals surface area (Å²) in [5.41, 5.74) is 11.8. The van der Waals surface area contributed by atoms with Gasteiger partial charge in [0.1, 0.15) is 0 Å². The van der Waals surface area contributed by atoms with Gasteiger partial charge in [0.05, 0.1) is 17.6 Å². The summed E-state index contributed by atoms with van der Waals surface area (Å²) in [6.07, 6.45) is 0. The molecule has 0 bridgehead atoms. The molecule has 0 aliphatic carbocycles. The van der Waals surface area contributed by atoms with E-state index in [1.54, 1.807) is 0 Å². The number of fused-ring (bicyclic) bond motifs is 1. The van der Waals surface area contributed by atoms with Gasteiger partial charge in [-0.05, 0) is 37.1 Å². The number of aryl methyl sites for hydroxylation is 2. The normalized spacial score (nSPS) is 11.1. The zero-order chi connectivity index (χ0) is 13.4. The van der Waals surface area contributed by atoms with Crippen molar-refractivity contribution >= 4 is 17.0 Å². The Hall–Kier alpha value is -2.29. The predicted molar refractivity (Wildman–Crippen MR) is 79.2 cm³/mol. The van der Waals surface area contributed by atoms with Crippen molar-refractivity contribution in [2.75, 3.05) is 5.73 Å². The van der Waals surface area contributed by atoms with Gasteiger partial charge in [0.2, 0.25) is 5.95 Å². The van der Waals surface area contributed by atoms with Gasteiger partial charge >= 0.3 is 0 Å². The lowest BCUT2D eigenvalue weighted by Gasteiger charge is -2.07. The Morgan fingerprint density at radius 1 is 1.05 bits per heavy atom. The van der Waals surface area contributed by atoms with Crippen LogP contribution in [0.15, 0.2) is 42.5 Å². The molecule has 0 spiro atoms. The van der Waals surface area contributed by atoms with Crippen LogP contribution in [0.2, 0.25) is 0 Å². The van der Waals surface area contributed by atoms with Crippen molar-refractivity contribution in [3.8, 4) is 0 Å². The van der Waals surface area contributed by atoms with E-state index < -0.39 is 0 Å². The molecule has 0 amide bonds. The second-order valence-electron chi connectivity index (χ2n) is 5.04. The minimum Gasteiger partial charge on any atom is -0.369 e. The Labute approximate surface area is 112 Å². The SMILES string of the molecule is Cc1cccc(Cn2c(N)nc3ccc(C)cc32)c1. The monoisotopic (exact) mass is 251 g/mol. The quantitative estimate of drug-likeness (QED) is 0.759. The molecule has 0 unspecified atom stereocenters. The third-order valence-electron chi connectivity index (χ3n) is 3.36. The lowest BCUT2D eigenvalue weighted by molar-refractivity contribution is 0.837. The van der Waals surface area contributed by atoms with Gasteiger partial charge in [-0.2, -0.15) is 0 Å². The fraction of sp³-hybridized carbons (Fsp3) is 0.188. The highest BCUT2D eigenvalue weighted by Crippen LogP contribution is 2.20. The third kappa shape index (κ3) is 2.19. The highest BCUT2D eigenvalue weighted by atomic mass is 15.1. The van der Waals surface area contributed by atoms with Crippen molar-refractivity contribution in [2.24, 2.45) is 0 Å². The zero-order valence-corrected chi connectivity index (χ0v) is 11.2. The van der Waals surface area contributed by atoms with Crippen LogP contribution in [0.1, 0.15) is 16.7 Å². The number of anilines is 1. The van der Waals surface area contributed by atoms with E-state index in [0.29, 0.717) is 5.95 Å². The number of aromatic nitrogens is 2. The molecule has 0 radical (unpaired) electrons. The van der Waals surface area contributed by atoms with Gasteiger partial charge in [-0.15, -0.1) is 0 Å². The van der Waals surface area contributed by atoms with Crippen molar-refractivity contribution in [1.29, 1.82) is 0 Å². The number of hydrogen-bond donors (Lipinski definition) is 1. The summed E-state index contributed by atoms with van der Waals surface area (Å²) < 4.78 is 2.07. The molecule has 0 saturated carbocycles. The summed E-state index contributed by atoms with van der Waals surface area (Å²) in [5.74, 6) is 0.571. The summed E-state index contributed by atoms with van der Waals surface area (Å²) in [7, 11) is 0. The molecule has 0 aliphatic rings. The number of nitrogens with two attached hydrogens (primary N) is 1. The predicted octanol–water partition coefficient (Wildman–Crippen LogP) is 3.28. The van der Waals surface area contributed by atoms with Crippen molar-refractivity contribution in [1.82, 2.24) is 9.55 Å². The van der Waals surface area contributed by atoms with Gasteiger partial charge in [-0.25, -0.2) is 4.98 Å². The van der Waals surface area contributed by atoms with E-state index in [4.69, 9.17) is 5.73 Å². The molecule has 2 aromatic carbocycles. The smallest absolute Gasteiger partial charge is 0.201 e. The molecule has 2 N–H and O–H groups in total. The molecule has 0 fully saturated rings. The molecule has 3 nitrogen and oxygen atoms in total. The van der Waals surface area contributed by atoms with Crippen LogP contribution in [-0.4, -0.2) is 9.55 Å². The Kier molecular flexibility index (Phi) is 2.75. The number of rotatable bonds is 2. The van der Waals surface area contributed by atoms with Gasteiger partial charge in [0.25, 0.3) is 0 Å². The molecular formula is C16H17N3. The van der Waals surface area contributed by atoms with Crippen LogP contribution >= 0.6 is 0 Å². The van der Waals surface area contributed by atoms with Gasteiger partial charge in [-0.3, -0.25) is 0 Å². The minimum absolute atomic E-state index is 0.571. The van der Waals surface area contributed by atoms with Gasteiger partial charge in [-0.1, -0.05) is 35.9 Å². The molecule has 3 aromatic rings. The maximum Gasteiger partial charge on any atom is 0.201 e. The molecule has 1 aromatic heterocycles. The largest absolute Gasteiger partial charge is 0.369 e. The van der Waals surface area contributed by atoms with Crippen LogP contribution in [-0.2, 0) is 6.54 Å². The molecule has 0 saturated heterocycles. The molecule has 19 heavy (non-hydrogen) atoms. The lowest BCUT2D eigenvalue weighted by atomic mass is 10.1. The van der Waals surface area contributed by atoms with E-state index >= 15 is 0 Å². The standard InChI is InChI=1S/C16H17N3/c1-11-4-3-5-13(8-11)10-19-15-9-12(2)6-7-14(15)18-16(19)17/h3-9H,10H2,1-2H3,(H2,17,18). The first-order chi connectivity index (χ1) is 9.13. The fourth-order valence-corrected chi connectivity index (χ4v) is 2.41. The molecular weight excluding hydrogens is 234 g/mol. The van der Waals surface area contributed by atoms with Gasteiger partial charge in [0.15, 0.2) is 0 Å². The molecule has 3 rings (SSSR count). The Balaban J connectivity index is 2.09. The van der Waals surface area contributed by atoms with Crippen LogP contribution in [0, 0.1) is 13.8 Å². The second-order valence-corrected chi connectivity index (χ2v) is 5.04. The van der Waals surface area contributed by atoms with Crippen LogP contribution < -0.4 is 5.73 Å². The average molecular weight is 251 g/mol. The van der Waals surface area contributed by atoms with E-state index in [2.05, 4.69) is 59.8 Å². The van der Waals surface area contributed by atoms with Crippen LogP contribution in [0.5, 0.6) is 0 Å². The minimum atomic E-state index is 0.571. The van der Waals surface area contributed by atoms with E-state index in [9.17, 15) is 0 Å². The van der Waals surface area contributed by atoms with Gasteiger partial charge in [0, 0.05) is 0 Å². The lowest BCUT2D eigenvalue weighted by Crippen LogP contribution is -2.04. The van der Waals surface area contributed by atoms with Crippen molar-refractivity contribution in [3.05, 3.63) is 59.2 Å². The first-order valence-electron chi connectivity index (χ1n) is 6.41. The molecule has 3 heteroatoms. The maximum absolute atomic E-state index is 6.04. The molecule has 96 valence electrons. The average Bonchev–Trinajstić information content (AvgIpc) is 2.66. The fourth-order valence-electron chi connectivity index (χ4n) is 2.41.